The van der Waals surface area contributed by atoms with Gasteiger partial charge in [0.05, 0.1) is 15.9 Å². The molecule has 2 aliphatic carbocycles. The molecule has 0 unspecified atom stereocenters. The van der Waals surface area contributed by atoms with E-state index in [0.717, 1.165) is 27.0 Å². The number of aromatic nitrogens is 2. The lowest BCUT2D eigenvalue weighted by atomic mass is 10.0. The molecule has 2 nitrogen and oxygen atoms in total. The van der Waals surface area contributed by atoms with Crippen molar-refractivity contribution in [2.75, 3.05) is 0 Å². The Labute approximate surface area is 132 Å². The summed E-state index contributed by atoms with van der Waals surface area (Å²) < 4.78 is 0.906. The van der Waals surface area contributed by atoms with Crippen LogP contribution in [-0.4, -0.2) is 15.2 Å². The molecule has 0 aromatic carbocycles. The molecule has 0 aliphatic heterocycles. The molecule has 2 saturated carbocycles. The highest BCUT2D eigenvalue weighted by molar-refractivity contribution is 9.10. The molecule has 0 radical (unpaired) electrons. The van der Waals surface area contributed by atoms with E-state index >= 15 is 0 Å². The molecule has 104 valence electrons. The minimum Gasteiger partial charge on any atom is -0.235 e. The van der Waals surface area contributed by atoms with E-state index in [1.165, 1.54) is 44.9 Å². The summed E-state index contributed by atoms with van der Waals surface area (Å²) >= 11 is 11.7. The second-order valence-electron chi connectivity index (χ2n) is 5.48. The van der Waals surface area contributed by atoms with Crippen LogP contribution in [0, 0.1) is 0 Å². The maximum Gasteiger partial charge on any atom is 0.147 e. The van der Waals surface area contributed by atoms with Crippen molar-refractivity contribution in [3.8, 4) is 0 Å². The highest BCUT2D eigenvalue weighted by Gasteiger charge is 2.29. The Morgan fingerprint density at radius 1 is 1.11 bits per heavy atom. The van der Waals surface area contributed by atoms with Gasteiger partial charge in [0.2, 0.25) is 0 Å². The fourth-order valence-electron chi connectivity index (χ4n) is 2.60. The molecule has 1 aromatic rings. The monoisotopic (exact) mass is 360 g/mol. The summed E-state index contributed by atoms with van der Waals surface area (Å²) in [5.41, 5.74) is 1.12. The molecule has 19 heavy (non-hydrogen) atoms. The van der Waals surface area contributed by atoms with Gasteiger partial charge in [-0.05, 0) is 41.6 Å². The molecule has 1 aromatic heterocycles. The first-order valence-electron chi connectivity index (χ1n) is 7.07. The van der Waals surface area contributed by atoms with E-state index in [9.17, 15) is 0 Å². The quantitative estimate of drug-likeness (QED) is 0.677. The number of nitrogens with zero attached hydrogens (tertiary/aromatic N) is 2. The van der Waals surface area contributed by atoms with E-state index in [1.807, 2.05) is 11.8 Å². The van der Waals surface area contributed by atoms with E-state index in [1.54, 1.807) is 0 Å². The Bertz CT molecular complexity index is 459. The molecule has 5 heteroatoms. The largest absolute Gasteiger partial charge is 0.235 e. The van der Waals surface area contributed by atoms with Crippen LogP contribution in [-0.2, 0) is 5.75 Å². The number of halogens is 2. The summed E-state index contributed by atoms with van der Waals surface area (Å²) in [5.74, 6) is 2.41. The van der Waals surface area contributed by atoms with Crippen LogP contribution in [0.3, 0.4) is 0 Å². The lowest BCUT2D eigenvalue weighted by Gasteiger charge is -2.20. The van der Waals surface area contributed by atoms with Crippen LogP contribution in [0.4, 0.5) is 0 Å². The van der Waals surface area contributed by atoms with E-state index in [-0.39, 0.29) is 0 Å². The number of thioether (sulfide) groups is 1. The van der Waals surface area contributed by atoms with Crippen molar-refractivity contribution in [2.45, 2.75) is 61.9 Å². The van der Waals surface area contributed by atoms with Gasteiger partial charge in [0, 0.05) is 11.2 Å². The predicted octanol–water partition coefficient (Wildman–Crippen LogP) is 5.34. The molecule has 1 heterocycles. The Balaban J connectivity index is 1.66. The van der Waals surface area contributed by atoms with Gasteiger partial charge in [-0.3, -0.25) is 0 Å². The molecule has 2 fully saturated rings. The van der Waals surface area contributed by atoms with Crippen LogP contribution in [0.15, 0.2) is 4.47 Å². The molecular formula is C14H18BrClN2S. The zero-order valence-corrected chi connectivity index (χ0v) is 14.0. The molecule has 3 rings (SSSR count). The zero-order valence-electron chi connectivity index (χ0n) is 10.9. The predicted molar refractivity (Wildman–Crippen MR) is 84.9 cm³/mol. The summed E-state index contributed by atoms with van der Waals surface area (Å²) in [6, 6.07) is 0. The van der Waals surface area contributed by atoms with E-state index in [0.29, 0.717) is 11.1 Å². The SMILES string of the molecule is Clc1nc(CSC2CCCCC2)nc(C2CC2)c1Br. The molecule has 0 bridgehead atoms. The van der Waals surface area contributed by atoms with Crippen molar-refractivity contribution in [1.29, 1.82) is 0 Å². The van der Waals surface area contributed by atoms with Crippen LogP contribution < -0.4 is 0 Å². The van der Waals surface area contributed by atoms with Crippen LogP contribution >= 0.6 is 39.3 Å². The zero-order chi connectivity index (χ0) is 13.2. The average Bonchev–Trinajstić information content (AvgIpc) is 3.25. The van der Waals surface area contributed by atoms with Gasteiger partial charge >= 0.3 is 0 Å². The van der Waals surface area contributed by atoms with Crippen molar-refractivity contribution >= 4 is 39.3 Å². The van der Waals surface area contributed by atoms with Gasteiger partial charge in [-0.15, -0.1) is 0 Å². The third-order valence-electron chi connectivity index (χ3n) is 3.85. The van der Waals surface area contributed by atoms with Gasteiger partial charge in [-0.1, -0.05) is 30.9 Å². The average molecular weight is 362 g/mol. The highest BCUT2D eigenvalue weighted by atomic mass is 79.9. The second kappa shape index (κ2) is 6.31. The first-order chi connectivity index (χ1) is 9.24. The lowest BCUT2D eigenvalue weighted by Crippen LogP contribution is -2.09. The first-order valence-corrected chi connectivity index (χ1v) is 9.29. The Morgan fingerprint density at radius 2 is 1.84 bits per heavy atom. The third-order valence-corrected chi connectivity index (χ3v) is 6.50. The molecule has 0 spiro atoms. The second-order valence-corrected chi connectivity index (χ2v) is 7.91. The lowest BCUT2D eigenvalue weighted by molar-refractivity contribution is 0.516. The molecule has 2 aliphatic rings. The third kappa shape index (κ3) is 3.64. The number of hydrogen-bond acceptors (Lipinski definition) is 3. The van der Waals surface area contributed by atoms with E-state index in [2.05, 4.69) is 20.9 Å². The minimum atomic E-state index is 0.580. The standard InChI is InChI=1S/C14H18BrClN2S/c15-12-13(9-6-7-9)17-11(18-14(12)16)8-19-10-4-2-1-3-5-10/h9-10H,1-8H2. The van der Waals surface area contributed by atoms with Gasteiger partial charge in [-0.25, -0.2) is 9.97 Å². The Kier molecular flexibility index (Phi) is 4.70. The highest BCUT2D eigenvalue weighted by Crippen LogP contribution is 2.43. The Hall–Kier alpha value is 0.200. The summed E-state index contributed by atoms with van der Waals surface area (Å²) in [7, 11) is 0. The van der Waals surface area contributed by atoms with Crippen molar-refractivity contribution in [3.05, 3.63) is 21.1 Å². The van der Waals surface area contributed by atoms with Crippen molar-refractivity contribution < 1.29 is 0 Å². The van der Waals surface area contributed by atoms with Gasteiger partial charge < -0.3 is 0 Å². The fraction of sp³-hybridized carbons (Fsp3) is 0.714. The molecular weight excluding hydrogens is 344 g/mol. The van der Waals surface area contributed by atoms with Crippen molar-refractivity contribution in [2.24, 2.45) is 0 Å². The summed E-state index contributed by atoms with van der Waals surface area (Å²) in [4.78, 5) is 9.13. The maximum atomic E-state index is 6.21. The summed E-state index contributed by atoms with van der Waals surface area (Å²) in [6.07, 6.45) is 9.35. The van der Waals surface area contributed by atoms with E-state index < -0.39 is 0 Å². The van der Waals surface area contributed by atoms with Gasteiger partial charge in [0.1, 0.15) is 11.0 Å². The topological polar surface area (TPSA) is 25.8 Å². The van der Waals surface area contributed by atoms with Crippen LogP contribution in [0.2, 0.25) is 5.15 Å². The first kappa shape index (κ1) is 14.2. The van der Waals surface area contributed by atoms with Gasteiger partial charge in [-0.2, -0.15) is 11.8 Å². The number of rotatable bonds is 4. The summed E-state index contributed by atoms with van der Waals surface area (Å²) in [5, 5.41) is 1.38. The summed E-state index contributed by atoms with van der Waals surface area (Å²) in [6.45, 7) is 0. The normalized spacial score (nSPS) is 20.7. The van der Waals surface area contributed by atoms with Crippen LogP contribution in [0.5, 0.6) is 0 Å². The molecule has 0 amide bonds. The van der Waals surface area contributed by atoms with Crippen LogP contribution in [0.25, 0.3) is 0 Å². The van der Waals surface area contributed by atoms with Gasteiger partial charge in [0.15, 0.2) is 0 Å². The fourth-order valence-corrected chi connectivity index (χ4v) is 4.47. The van der Waals surface area contributed by atoms with Crippen molar-refractivity contribution in [1.82, 2.24) is 9.97 Å². The van der Waals surface area contributed by atoms with E-state index in [4.69, 9.17) is 16.6 Å². The molecule has 0 atom stereocenters. The molecule has 0 N–H and O–H groups in total. The Morgan fingerprint density at radius 3 is 2.53 bits per heavy atom. The maximum absolute atomic E-state index is 6.21. The minimum absolute atomic E-state index is 0.580. The van der Waals surface area contributed by atoms with Crippen LogP contribution in [0.1, 0.15) is 62.4 Å². The van der Waals surface area contributed by atoms with Crippen molar-refractivity contribution in [3.63, 3.8) is 0 Å². The van der Waals surface area contributed by atoms with Gasteiger partial charge in [0.25, 0.3) is 0 Å². The molecule has 0 saturated heterocycles. The smallest absolute Gasteiger partial charge is 0.147 e. The number of hydrogen-bond donors (Lipinski definition) is 0.